The molecule has 1 aliphatic carbocycles. The maximum absolute atomic E-state index is 11.2. The van der Waals surface area contributed by atoms with Crippen molar-refractivity contribution in [3.05, 3.63) is 34.2 Å². The number of aromatic carboxylic acids is 1. The Kier molecular flexibility index (Phi) is 4.99. The molecular formula is C16H20BrN3O3. The summed E-state index contributed by atoms with van der Waals surface area (Å²) in [5.74, 6) is -0.495. The molecule has 23 heavy (non-hydrogen) atoms. The van der Waals surface area contributed by atoms with Gasteiger partial charge in [-0.1, -0.05) is 6.42 Å². The molecule has 1 saturated carbocycles. The minimum atomic E-state index is -0.969. The second-order valence-electron chi connectivity index (χ2n) is 6.05. The summed E-state index contributed by atoms with van der Waals surface area (Å²) < 4.78 is 2.44. The Morgan fingerprint density at radius 2 is 2.30 bits per heavy atom. The first-order valence-electron chi connectivity index (χ1n) is 7.84. The molecule has 0 spiro atoms. The highest BCUT2D eigenvalue weighted by molar-refractivity contribution is 9.10. The van der Waals surface area contributed by atoms with E-state index in [0.29, 0.717) is 22.6 Å². The Hall–Kier alpha value is -1.44. The zero-order valence-electron chi connectivity index (χ0n) is 12.7. The molecule has 3 N–H and O–H groups in total. The summed E-state index contributed by atoms with van der Waals surface area (Å²) in [5, 5.41) is 22.5. The van der Waals surface area contributed by atoms with E-state index >= 15 is 0 Å². The summed E-state index contributed by atoms with van der Waals surface area (Å²) in [4.78, 5) is 15.5. The number of aromatic nitrogens is 2. The molecule has 2 aromatic heterocycles. The number of carbonyl (C=O) groups is 1. The summed E-state index contributed by atoms with van der Waals surface area (Å²) in [5.41, 5.74) is 1.80. The predicted octanol–water partition coefficient (Wildman–Crippen LogP) is 2.44. The van der Waals surface area contributed by atoms with Gasteiger partial charge in [-0.05, 0) is 53.7 Å². The molecular weight excluding hydrogens is 362 g/mol. The molecule has 3 rings (SSSR count). The van der Waals surface area contributed by atoms with Gasteiger partial charge in [-0.3, -0.25) is 0 Å². The van der Waals surface area contributed by atoms with Crippen LogP contribution < -0.4 is 5.32 Å². The van der Waals surface area contributed by atoms with E-state index in [2.05, 4.69) is 26.2 Å². The molecule has 2 heterocycles. The minimum Gasteiger partial charge on any atom is -0.478 e. The van der Waals surface area contributed by atoms with Crippen LogP contribution in [0.3, 0.4) is 0 Å². The fraction of sp³-hybridized carbons (Fsp3) is 0.500. The minimum absolute atomic E-state index is 0.212. The van der Waals surface area contributed by atoms with Gasteiger partial charge < -0.3 is 19.9 Å². The average molecular weight is 382 g/mol. The van der Waals surface area contributed by atoms with E-state index in [1.54, 1.807) is 22.9 Å². The molecule has 0 aromatic carbocycles. The number of aliphatic hydroxyl groups excluding tert-OH is 1. The maximum atomic E-state index is 11.2. The number of halogens is 1. The Bertz CT molecular complexity index is 712. The van der Waals surface area contributed by atoms with E-state index in [0.717, 1.165) is 31.5 Å². The fourth-order valence-corrected chi connectivity index (χ4v) is 3.41. The number of pyridine rings is 1. The number of imidazole rings is 1. The van der Waals surface area contributed by atoms with E-state index in [-0.39, 0.29) is 11.7 Å². The van der Waals surface area contributed by atoms with Crippen LogP contribution in [-0.4, -0.2) is 38.2 Å². The van der Waals surface area contributed by atoms with Gasteiger partial charge in [-0.25, -0.2) is 9.78 Å². The van der Waals surface area contributed by atoms with E-state index < -0.39 is 5.97 Å². The van der Waals surface area contributed by atoms with Crippen molar-refractivity contribution >= 4 is 27.5 Å². The lowest BCUT2D eigenvalue weighted by Crippen LogP contribution is -2.30. The molecule has 1 aliphatic rings. The fourth-order valence-electron chi connectivity index (χ4n) is 2.87. The van der Waals surface area contributed by atoms with Crippen LogP contribution in [0.4, 0.5) is 0 Å². The molecule has 2 aromatic rings. The maximum Gasteiger partial charge on any atom is 0.337 e. The lowest BCUT2D eigenvalue weighted by Gasteiger charge is -2.30. The zero-order chi connectivity index (χ0) is 16.4. The third-order valence-corrected chi connectivity index (χ3v) is 5.08. The normalized spacial score (nSPS) is 16.4. The van der Waals surface area contributed by atoms with E-state index in [4.69, 9.17) is 5.11 Å². The van der Waals surface area contributed by atoms with Gasteiger partial charge in [-0.15, -0.1) is 0 Å². The molecule has 7 heteroatoms. The van der Waals surface area contributed by atoms with E-state index in [1.165, 1.54) is 6.42 Å². The summed E-state index contributed by atoms with van der Waals surface area (Å²) >= 11 is 3.36. The summed E-state index contributed by atoms with van der Waals surface area (Å²) in [6, 6.07) is 1.55. The van der Waals surface area contributed by atoms with Crippen molar-refractivity contribution in [3.8, 4) is 0 Å². The Balaban J connectivity index is 1.62. The zero-order valence-corrected chi connectivity index (χ0v) is 14.3. The Morgan fingerprint density at radius 3 is 2.96 bits per heavy atom. The number of nitrogens with one attached hydrogen (secondary N) is 1. The van der Waals surface area contributed by atoms with Crippen molar-refractivity contribution < 1.29 is 15.0 Å². The number of carboxylic acids is 1. The smallest absolute Gasteiger partial charge is 0.337 e. The van der Waals surface area contributed by atoms with Crippen LogP contribution in [0.15, 0.2) is 22.9 Å². The van der Waals surface area contributed by atoms with Gasteiger partial charge in [0.1, 0.15) is 0 Å². The highest BCUT2D eigenvalue weighted by Gasteiger charge is 2.24. The molecule has 0 aliphatic heterocycles. The summed E-state index contributed by atoms with van der Waals surface area (Å²) in [7, 11) is 0. The largest absolute Gasteiger partial charge is 0.478 e. The van der Waals surface area contributed by atoms with Crippen molar-refractivity contribution in [2.24, 2.45) is 5.92 Å². The summed E-state index contributed by atoms with van der Waals surface area (Å²) in [6.45, 7) is 1.30. The van der Waals surface area contributed by atoms with Crippen molar-refractivity contribution in [2.45, 2.75) is 38.3 Å². The van der Waals surface area contributed by atoms with Crippen molar-refractivity contribution in [1.29, 1.82) is 0 Å². The molecule has 1 unspecified atom stereocenters. The number of nitrogens with zero attached hydrogens (tertiary/aromatic N) is 2. The monoisotopic (exact) mass is 381 g/mol. The van der Waals surface area contributed by atoms with Gasteiger partial charge in [0.15, 0.2) is 5.65 Å². The number of hydrogen-bond donors (Lipinski definition) is 3. The molecule has 6 nitrogen and oxygen atoms in total. The highest BCUT2D eigenvalue weighted by Crippen LogP contribution is 2.30. The number of carboxylic acid groups (broad SMARTS) is 1. The topological polar surface area (TPSA) is 86.9 Å². The van der Waals surface area contributed by atoms with Crippen molar-refractivity contribution in [2.75, 3.05) is 6.54 Å². The molecule has 1 atom stereocenters. The first-order valence-corrected chi connectivity index (χ1v) is 8.63. The Morgan fingerprint density at radius 1 is 1.52 bits per heavy atom. The van der Waals surface area contributed by atoms with Gasteiger partial charge in [-0.2, -0.15) is 0 Å². The second kappa shape index (κ2) is 6.98. The van der Waals surface area contributed by atoms with Crippen molar-refractivity contribution in [1.82, 2.24) is 14.7 Å². The van der Waals surface area contributed by atoms with Gasteiger partial charge in [0.05, 0.1) is 28.0 Å². The summed E-state index contributed by atoms with van der Waals surface area (Å²) in [6.07, 6.45) is 7.35. The van der Waals surface area contributed by atoms with Crippen LogP contribution in [0.2, 0.25) is 0 Å². The van der Waals surface area contributed by atoms with Crippen LogP contribution in [0.5, 0.6) is 0 Å². The van der Waals surface area contributed by atoms with Crippen LogP contribution in [-0.2, 0) is 6.54 Å². The standard InChI is InChI=1S/C16H20BrN3O3/c17-13-6-11(16(22)23)9-20-12(8-19-15(13)20)7-18-5-4-14(21)10-2-1-3-10/h6,8-10,14,18,21H,1-5,7H2,(H,22,23). The van der Waals surface area contributed by atoms with E-state index in [9.17, 15) is 9.90 Å². The van der Waals surface area contributed by atoms with Gasteiger partial charge in [0, 0.05) is 12.7 Å². The van der Waals surface area contributed by atoms with Gasteiger partial charge >= 0.3 is 5.97 Å². The lowest BCUT2D eigenvalue weighted by molar-refractivity contribution is 0.0558. The molecule has 0 amide bonds. The highest BCUT2D eigenvalue weighted by atomic mass is 79.9. The van der Waals surface area contributed by atoms with Crippen LogP contribution >= 0.6 is 15.9 Å². The lowest BCUT2D eigenvalue weighted by atomic mass is 9.80. The number of aliphatic hydroxyl groups is 1. The Labute approximate surface area is 142 Å². The molecule has 1 fully saturated rings. The van der Waals surface area contributed by atoms with Gasteiger partial charge in [0.25, 0.3) is 0 Å². The van der Waals surface area contributed by atoms with E-state index in [1.807, 2.05) is 0 Å². The molecule has 124 valence electrons. The number of fused-ring (bicyclic) bond motifs is 1. The quantitative estimate of drug-likeness (QED) is 0.641. The second-order valence-corrected chi connectivity index (χ2v) is 6.90. The predicted molar refractivity (Wildman–Crippen MR) is 89.5 cm³/mol. The first kappa shape index (κ1) is 16.4. The SMILES string of the molecule is O=C(O)c1cc(Br)c2ncc(CNCCC(O)C3CCC3)n2c1. The third kappa shape index (κ3) is 3.57. The molecule has 0 saturated heterocycles. The first-order chi connectivity index (χ1) is 11.1. The third-order valence-electron chi connectivity index (χ3n) is 4.50. The van der Waals surface area contributed by atoms with Crippen LogP contribution in [0.25, 0.3) is 5.65 Å². The van der Waals surface area contributed by atoms with Crippen molar-refractivity contribution in [3.63, 3.8) is 0 Å². The van der Waals surface area contributed by atoms with Gasteiger partial charge in [0.2, 0.25) is 0 Å². The molecule has 0 bridgehead atoms. The number of hydrogen-bond acceptors (Lipinski definition) is 4. The van der Waals surface area contributed by atoms with Crippen LogP contribution in [0, 0.1) is 5.92 Å². The number of rotatable bonds is 7. The van der Waals surface area contributed by atoms with Crippen LogP contribution in [0.1, 0.15) is 41.7 Å². The molecule has 0 radical (unpaired) electrons. The average Bonchev–Trinajstić information content (AvgIpc) is 2.85.